The van der Waals surface area contributed by atoms with Crippen molar-refractivity contribution < 1.29 is 13.6 Å². The number of hydrogen-bond donors (Lipinski definition) is 1. The van der Waals surface area contributed by atoms with Gasteiger partial charge in [0.25, 0.3) is 5.91 Å². The Balaban J connectivity index is 1.77. The summed E-state index contributed by atoms with van der Waals surface area (Å²) >= 11 is 0. The highest BCUT2D eigenvalue weighted by Gasteiger charge is 2.22. The molecule has 0 bridgehead atoms. The van der Waals surface area contributed by atoms with Crippen molar-refractivity contribution in [1.29, 1.82) is 0 Å². The minimum absolute atomic E-state index is 0.0661. The Bertz CT molecular complexity index is 802. The van der Waals surface area contributed by atoms with E-state index < -0.39 is 11.6 Å². The van der Waals surface area contributed by atoms with E-state index in [2.05, 4.69) is 10.4 Å². The van der Waals surface area contributed by atoms with Crippen LogP contribution in [0.1, 0.15) is 34.9 Å². The molecule has 1 aromatic carbocycles. The number of rotatable bonds is 7. The van der Waals surface area contributed by atoms with Crippen molar-refractivity contribution >= 4 is 5.91 Å². The van der Waals surface area contributed by atoms with Crippen LogP contribution in [-0.2, 0) is 6.54 Å². The summed E-state index contributed by atoms with van der Waals surface area (Å²) < 4.78 is 29.1. The van der Waals surface area contributed by atoms with Crippen molar-refractivity contribution in [3.05, 3.63) is 53.4 Å². The highest BCUT2D eigenvalue weighted by atomic mass is 19.1. The molecule has 28 heavy (non-hydrogen) atoms. The van der Waals surface area contributed by atoms with E-state index in [9.17, 15) is 13.6 Å². The second-order valence-electron chi connectivity index (χ2n) is 7.45. The molecule has 1 unspecified atom stereocenters. The average molecular weight is 391 g/mol. The lowest BCUT2D eigenvalue weighted by Crippen LogP contribution is -2.37. The first-order valence-electron chi connectivity index (χ1n) is 9.58. The van der Waals surface area contributed by atoms with E-state index in [1.165, 1.54) is 12.1 Å². The Morgan fingerprint density at radius 1 is 1.29 bits per heavy atom. The number of nitrogens with one attached hydrogen (secondary N) is 1. The van der Waals surface area contributed by atoms with Crippen LogP contribution < -0.4 is 5.32 Å². The minimum Gasteiger partial charge on any atom is -0.332 e. The fourth-order valence-electron chi connectivity index (χ4n) is 3.31. The SMILES string of the molecule is CN(C)CCN(Cc1ccc(F)cc1F)C(=O)c1ccn(C2CCCNC2)n1. The predicted octanol–water partition coefficient (Wildman–Crippen LogP) is 2.29. The van der Waals surface area contributed by atoms with Gasteiger partial charge in [0.05, 0.1) is 6.04 Å². The van der Waals surface area contributed by atoms with Gasteiger partial charge in [0.1, 0.15) is 17.3 Å². The van der Waals surface area contributed by atoms with Gasteiger partial charge in [-0.25, -0.2) is 8.78 Å². The number of likely N-dealkylation sites (N-methyl/N-ethyl adjacent to an activating group) is 1. The zero-order valence-electron chi connectivity index (χ0n) is 16.4. The molecule has 0 aliphatic carbocycles. The normalized spacial score (nSPS) is 17.1. The molecule has 2 aromatic rings. The molecule has 1 aromatic heterocycles. The Hall–Kier alpha value is -2.32. The first-order chi connectivity index (χ1) is 13.4. The molecule has 1 aliphatic rings. The van der Waals surface area contributed by atoms with Crippen LogP contribution in [0.5, 0.6) is 0 Å². The second-order valence-corrected chi connectivity index (χ2v) is 7.45. The first kappa shape index (κ1) is 20.4. The number of hydrogen-bond acceptors (Lipinski definition) is 4. The summed E-state index contributed by atoms with van der Waals surface area (Å²) in [5.41, 5.74) is 0.622. The number of amides is 1. The third-order valence-corrected chi connectivity index (χ3v) is 4.95. The quantitative estimate of drug-likeness (QED) is 0.787. The molecule has 1 aliphatic heterocycles. The topological polar surface area (TPSA) is 53.4 Å². The van der Waals surface area contributed by atoms with Gasteiger partial charge < -0.3 is 15.1 Å². The fraction of sp³-hybridized carbons (Fsp3) is 0.500. The van der Waals surface area contributed by atoms with E-state index in [0.29, 0.717) is 18.8 Å². The van der Waals surface area contributed by atoms with Gasteiger partial charge in [0.2, 0.25) is 0 Å². The number of piperidine rings is 1. The van der Waals surface area contributed by atoms with Crippen molar-refractivity contribution in [1.82, 2.24) is 24.9 Å². The number of halogens is 2. The third-order valence-electron chi connectivity index (χ3n) is 4.95. The maximum Gasteiger partial charge on any atom is 0.274 e. The molecule has 1 amide bonds. The van der Waals surface area contributed by atoms with Gasteiger partial charge in [-0.1, -0.05) is 6.07 Å². The van der Waals surface area contributed by atoms with E-state index >= 15 is 0 Å². The van der Waals surface area contributed by atoms with Crippen LogP contribution in [0.15, 0.2) is 30.5 Å². The summed E-state index contributed by atoms with van der Waals surface area (Å²) in [5.74, 6) is -1.54. The number of carbonyl (C=O) groups is 1. The lowest BCUT2D eigenvalue weighted by Gasteiger charge is -2.25. The lowest BCUT2D eigenvalue weighted by atomic mass is 10.1. The van der Waals surface area contributed by atoms with Gasteiger partial charge in [0, 0.05) is 44.0 Å². The summed E-state index contributed by atoms with van der Waals surface area (Å²) in [6.07, 6.45) is 3.92. The standard InChI is InChI=1S/C20H27F2N5O/c1-25(2)10-11-26(14-15-5-6-16(21)12-18(15)22)20(28)19-7-9-27(24-19)17-4-3-8-23-13-17/h5-7,9,12,17,23H,3-4,8,10-11,13-14H2,1-2H3. The summed E-state index contributed by atoms with van der Waals surface area (Å²) in [7, 11) is 3.82. The minimum atomic E-state index is -0.651. The largest absolute Gasteiger partial charge is 0.332 e. The molecule has 3 rings (SSSR count). The highest BCUT2D eigenvalue weighted by Crippen LogP contribution is 2.18. The number of carbonyl (C=O) groups excluding carboxylic acids is 1. The molecule has 0 spiro atoms. The van der Waals surface area contributed by atoms with Crippen molar-refractivity contribution in [2.75, 3.05) is 40.3 Å². The molecule has 8 heteroatoms. The second kappa shape index (κ2) is 9.25. The molecule has 1 N–H and O–H groups in total. The van der Waals surface area contributed by atoms with E-state index in [0.717, 1.165) is 32.0 Å². The maximum atomic E-state index is 14.1. The smallest absolute Gasteiger partial charge is 0.274 e. The lowest BCUT2D eigenvalue weighted by molar-refractivity contribution is 0.0723. The molecule has 6 nitrogen and oxygen atoms in total. The monoisotopic (exact) mass is 391 g/mol. The van der Waals surface area contributed by atoms with Crippen molar-refractivity contribution in [3.63, 3.8) is 0 Å². The van der Waals surface area contributed by atoms with Gasteiger partial charge in [-0.05, 0) is 45.6 Å². The van der Waals surface area contributed by atoms with Gasteiger partial charge in [-0.3, -0.25) is 9.48 Å². The van der Waals surface area contributed by atoms with Crippen LogP contribution in [0.3, 0.4) is 0 Å². The van der Waals surface area contributed by atoms with Crippen LogP contribution >= 0.6 is 0 Å². The Labute approximate surface area is 164 Å². The Kier molecular flexibility index (Phi) is 6.74. The van der Waals surface area contributed by atoms with E-state index in [1.54, 1.807) is 11.0 Å². The molecule has 0 radical (unpaired) electrons. The zero-order chi connectivity index (χ0) is 20.1. The molecule has 1 saturated heterocycles. The van der Waals surface area contributed by atoms with Crippen LogP contribution in [0.2, 0.25) is 0 Å². The summed E-state index contributed by atoms with van der Waals surface area (Å²) in [6.45, 7) is 2.95. The molecule has 2 heterocycles. The van der Waals surface area contributed by atoms with Crippen LogP contribution in [0, 0.1) is 11.6 Å². The van der Waals surface area contributed by atoms with E-state index in [1.807, 2.05) is 29.9 Å². The molecular formula is C20H27F2N5O. The molecule has 1 fully saturated rings. The zero-order valence-corrected chi connectivity index (χ0v) is 16.4. The first-order valence-corrected chi connectivity index (χ1v) is 9.58. The van der Waals surface area contributed by atoms with Crippen molar-refractivity contribution in [2.45, 2.75) is 25.4 Å². The Morgan fingerprint density at radius 2 is 2.11 bits per heavy atom. The molecule has 1 atom stereocenters. The molecule has 152 valence electrons. The van der Waals surface area contributed by atoms with E-state index in [4.69, 9.17) is 0 Å². The fourth-order valence-corrected chi connectivity index (χ4v) is 3.31. The van der Waals surface area contributed by atoms with Gasteiger partial charge in [0.15, 0.2) is 0 Å². The predicted molar refractivity (Wildman–Crippen MR) is 103 cm³/mol. The number of benzene rings is 1. The van der Waals surface area contributed by atoms with Crippen molar-refractivity contribution in [3.8, 4) is 0 Å². The number of aromatic nitrogens is 2. The van der Waals surface area contributed by atoms with Crippen molar-refractivity contribution in [2.24, 2.45) is 0 Å². The summed E-state index contributed by atoms with van der Waals surface area (Å²) in [6, 6.07) is 5.38. The molecular weight excluding hydrogens is 364 g/mol. The van der Waals surface area contributed by atoms with Crippen LogP contribution in [0.25, 0.3) is 0 Å². The Morgan fingerprint density at radius 3 is 2.79 bits per heavy atom. The van der Waals surface area contributed by atoms with Gasteiger partial charge in [-0.2, -0.15) is 5.10 Å². The third kappa shape index (κ3) is 5.14. The van der Waals surface area contributed by atoms with Gasteiger partial charge >= 0.3 is 0 Å². The molecule has 0 saturated carbocycles. The van der Waals surface area contributed by atoms with Crippen LogP contribution in [0.4, 0.5) is 8.78 Å². The summed E-state index contributed by atoms with van der Waals surface area (Å²) in [5, 5.41) is 7.81. The highest BCUT2D eigenvalue weighted by molar-refractivity contribution is 5.92. The van der Waals surface area contributed by atoms with Crippen LogP contribution in [-0.4, -0.2) is 65.8 Å². The number of nitrogens with zero attached hydrogens (tertiary/aromatic N) is 4. The summed E-state index contributed by atoms with van der Waals surface area (Å²) in [4.78, 5) is 16.6. The van der Waals surface area contributed by atoms with E-state index in [-0.39, 0.29) is 24.1 Å². The average Bonchev–Trinajstić information content (AvgIpc) is 3.17. The maximum absolute atomic E-state index is 14.1. The van der Waals surface area contributed by atoms with Gasteiger partial charge in [-0.15, -0.1) is 0 Å².